The molecule has 284 valence electrons. The Morgan fingerprint density at radius 1 is 1.10 bits per heavy atom. The molecule has 1 aromatic carbocycles. The van der Waals surface area contributed by atoms with Crippen LogP contribution in [-0.2, 0) is 44.6 Å². The lowest BCUT2D eigenvalue weighted by Gasteiger charge is -2.47. The number of likely N-dealkylation sites (N-methyl/N-ethyl adjacent to an activating group) is 1. The average Bonchev–Trinajstić information content (AvgIpc) is 3.50. The van der Waals surface area contributed by atoms with E-state index in [1.165, 1.54) is 20.8 Å². The molecule has 14 atom stereocenters. The minimum atomic E-state index is -1.94. The SMILES string of the molecule is C#Cc1ccc(CN(C)[C@H]2C[C@@H](C)O[C@@H](O[C@@H]3[C@@H](C)[C@H](O)[C@@H](C)C(=O)O[C@H](CC)[C@@](C)(O)[C@H](O)[C@@H](C)C(=O)[C@@H]4CO[C@]3(C)C4)[C@@H]2OC(C)=O)cc1. The monoisotopic (exact) mass is 715 g/mol. The number of carbonyl (C=O) groups is 3. The van der Waals surface area contributed by atoms with Gasteiger partial charge in [-0.05, 0) is 71.7 Å². The van der Waals surface area contributed by atoms with Crippen molar-refractivity contribution in [1.82, 2.24) is 4.90 Å². The second-order valence-corrected chi connectivity index (χ2v) is 15.4. The Kier molecular flexibility index (Phi) is 13.2. The number of esters is 2. The van der Waals surface area contributed by atoms with E-state index in [0.717, 1.165) is 11.1 Å². The van der Waals surface area contributed by atoms with E-state index in [0.29, 0.717) is 13.0 Å². The third-order valence-corrected chi connectivity index (χ3v) is 11.3. The number of hydrogen-bond donors (Lipinski definition) is 3. The van der Waals surface area contributed by atoms with Crippen molar-refractivity contribution < 1.29 is 53.4 Å². The van der Waals surface area contributed by atoms with Gasteiger partial charge in [0.2, 0.25) is 0 Å². The molecule has 0 spiro atoms. The Morgan fingerprint density at radius 3 is 2.33 bits per heavy atom. The van der Waals surface area contributed by atoms with Crippen molar-refractivity contribution in [2.45, 2.75) is 141 Å². The summed E-state index contributed by atoms with van der Waals surface area (Å²) in [5.74, 6) is -2.55. The quantitative estimate of drug-likeness (QED) is 0.280. The summed E-state index contributed by atoms with van der Waals surface area (Å²) in [7, 11) is 1.93. The predicted molar refractivity (Wildman–Crippen MR) is 187 cm³/mol. The Labute approximate surface area is 302 Å². The number of ether oxygens (including phenoxy) is 5. The highest BCUT2D eigenvalue weighted by atomic mass is 16.7. The Balaban J connectivity index is 1.71. The van der Waals surface area contributed by atoms with Gasteiger partial charge in [0.1, 0.15) is 17.5 Å². The molecule has 3 fully saturated rings. The first-order valence-corrected chi connectivity index (χ1v) is 18.0. The summed E-state index contributed by atoms with van der Waals surface area (Å²) in [5, 5.41) is 34.4. The largest absolute Gasteiger partial charge is 0.459 e. The first-order valence-electron chi connectivity index (χ1n) is 18.0. The van der Waals surface area contributed by atoms with Crippen molar-refractivity contribution in [1.29, 1.82) is 0 Å². The van der Waals surface area contributed by atoms with E-state index in [-0.39, 0.29) is 37.4 Å². The molecule has 0 amide bonds. The molecule has 0 saturated carbocycles. The van der Waals surface area contributed by atoms with Crippen molar-refractivity contribution in [2.75, 3.05) is 13.7 Å². The normalized spacial score (nSPS) is 41.0. The van der Waals surface area contributed by atoms with Crippen molar-refractivity contribution in [2.24, 2.45) is 23.7 Å². The van der Waals surface area contributed by atoms with Crippen LogP contribution in [0.15, 0.2) is 24.3 Å². The van der Waals surface area contributed by atoms with Gasteiger partial charge in [0.15, 0.2) is 12.4 Å². The van der Waals surface area contributed by atoms with Crippen LogP contribution in [0.4, 0.5) is 0 Å². The molecule has 51 heavy (non-hydrogen) atoms. The smallest absolute Gasteiger partial charge is 0.311 e. The highest BCUT2D eigenvalue weighted by Gasteiger charge is 2.55. The van der Waals surface area contributed by atoms with E-state index in [2.05, 4.69) is 10.8 Å². The van der Waals surface area contributed by atoms with Crippen molar-refractivity contribution >= 4 is 17.7 Å². The third kappa shape index (κ3) is 8.84. The van der Waals surface area contributed by atoms with Crippen LogP contribution in [0.1, 0.15) is 85.8 Å². The lowest BCUT2D eigenvalue weighted by atomic mass is 9.75. The number of fused-ring (bicyclic) bond motifs is 2. The molecule has 3 aliphatic rings. The Hall–Kier alpha value is -2.89. The number of benzene rings is 1. The van der Waals surface area contributed by atoms with Crippen LogP contribution in [0.25, 0.3) is 0 Å². The summed E-state index contributed by atoms with van der Waals surface area (Å²) in [6.07, 6.45) is -0.923. The standard InChI is InChI=1S/C39H57NO11/c1-11-26-13-15-27(16-14-26)19-40(10)29-17-21(3)48-37(33(29)49-25(7)41)51-35-23(5)31(42)24(6)36(45)50-30(12-2)39(9,46)34(44)22(4)32(43)28-18-38(35,8)47-20-28/h1,13-16,21-24,28-31,33-35,37,42,44,46H,12,17-20H2,2-10H3/t21-,22+,23+,24-,28+,29+,30-,31+,33-,34-,35-,37+,38-,39-/m1/s1. The van der Waals surface area contributed by atoms with Crippen molar-refractivity contribution in [3.63, 3.8) is 0 Å². The zero-order chi connectivity index (χ0) is 38.0. The molecule has 2 bridgehead atoms. The summed E-state index contributed by atoms with van der Waals surface area (Å²) >= 11 is 0. The van der Waals surface area contributed by atoms with E-state index in [1.54, 1.807) is 27.7 Å². The maximum atomic E-state index is 13.8. The summed E-state index contributed by atoms with van der Waals surface area (Å²) in [6, 6.07) is 7.30. The van der Waals surface area contributed by atoms with Crippen LogP contribution in [0.3, 0.4) is 0 Å². The van der Waals surface area contributed by atoms with Crippen LogP contribution in [0, 0.1) is 36.0 Å². The Morgan fingerprint density at radius 2 is 1.75 bits per heavy atom. The second kappa shape index (κ2) is 16.4. The molecule has 0 unspecified atom stereocenters. The lowest BCUT2D eigenvalue weighted by molar-refractivity contribution is -0.301. The fourth-order valence-corrected chi connectivity index (χ4v) is 8.10. The number of aliphatic hydroxyl groups excluding tert-OH is 2. The van der Waals surface area contributed by atoms with Crippen LogP contribution in [-0.4, -0.2) is 112 Å². The molecule has 3 saturated heterocycles. The summed E-state index contributed by atoms with van der Waals surface area (Å²) in [6.45, 7) is 13.4. The molecular weight excluding hydrogens is 658 g/mol. The van der Waals surface area contributed by atoms with Gasteiger partial charge in [-0.1, -0.05) is 38.8 Å². The number of hydrogen-bond acceptors (Lipinski definition) is 12. The third-order valence-electron chi connectivity index (χ3n) is 11.3. The zero-order valence-electron chi connectivity index (χ0n) is 31.4. The molecule has 3 aliphatic heterocycles. The van der Waals surface area contributed by atoms with Crippen LogP contribution >= 0.6 is 0 Å². The van der Waals surface area contributed by atoms with Gasteiger partial charge in [-0.3, -0.25) is 19.3 Å². The molecule has 0 aliphatic carbocycles. The molecule has 12 heteroatoms. The minimum absolute atomic E-state index is 0.0124. The second-order valence-electron chi connectivity index (χ2n) is 15.4. The summed E-state index contributed by atoms with van der Waals surface area (Å²) in [5.41, 5.74) is -1.35. The molecule has 3 heterocycles. The van der Waals surface area contributed by atoms with Gasteiger partial charge in [0, 0.05) is 36.8 Å². The number of ketones is 1. The van der Waals surface area contributed by atoms with Gasteiger partial charge in [0.05, 0.1) is 48.6 Å². The fraction of sp³-hybridized carbons (Fsp3) is 0.718. The number of nitrogens with zero attached hydrogens (tertiary/aromatic N) is 1. The first-order chi connectivity index (χ1) is 23.8. The van der Waals surface area contributed by atoms with Gasteiger partial charge in [-0.15, -0.1) is 6.42 Å². The van der Waals surface area contributed by atoms with E-state index in [4.69, 9.17) is 30.1 Å². The number of terminal acetylenes is 1. The maximum Gasteiger partial charge on any atom is 0.311 e. The van der Waals surface area contributed by atoms with Crippen molar-refractivity contribution in [3.8, 4) is 12.3 Å². The molecule has 0 radical (unpaired) electrons. The predicted octanol–water partition coefficient (Wildman–Crippen LogP) is 3.00. The summed E-state index contributed by atoms with van der Waals surface area (Å²) in [4.78, 5) is 42.0. The minimum Gasteiger partial charge on any atom is -0.459 e. The fourth-order valence-electron chi connectivity index (χ4n) is 8.10. The van der Waals surface area contributed by atoms with Gasteiger partial charge >= 0.3 is 11.9 Å². The maximum absolute atomic E-state index is 13.8. The number of cyclic esters (lactones) is 1. The van der Waals surface area contributed by atoms with E-state index in [9.17, 15) is 29.7 Å². The Bertz CT molecular complexity index is 1420. The first kappa shape index (κ1) is 40.9. The summed E-state index contributed by atoms with van der Waals surface area (Å²) < 4.78 is 31.2. The van der Waals surface area contributed by atoms with Gasteiger partial charge < -0.3 is 39.0 Å². The topological polar surface area (TPSA) is 161 Å². The number of Topliss-reactive ketones (excluding diaryl/α,β-unsaturated/α-hetero) is 1. The number of aliphatic hydroxyl groups is 3. The van der Waals surface area contributed by atoms with Crippen molar-refractivity contribution in [3.05, 3.63) is 35.4 Å². The van der Waals surface area contributed by atoms with E-state index < -0.39 is 83.6 Å². The lowest BCUT2D eigenvalue weighted by Crippen LogP contribution is -2.60. The van der Waals surface area contributed by atoms with E-state index in [1.807, 2.05) is 38.2 Å². The highest BCUT2D eigenvalue weighted by Crippen LogP contribution is 2.43. The van der Waals surface area contributed by atoms with Crippen LogP contribution in [0.2, 0.25) is 0 Å². The number of carbonyl (C=O) groups excluding carboxylic acids is 3. The molecule has 12 nitrogen and oxygen atoms in total. The highest BCUT2D eigenvalue weighted by molar-refractivity contribution is 5.84. The van der Waals surface area contributed by atoms with Gasteiger partial charge in [-0.25, -0.2) is 0 Å². The molecule has 0 aromatic heterocycles. The van der Waals surface area contributed by atoms with E-state index >= 15 is 0 Å². The number of rotatable bonds is 7. The average molecular weight is 716 g/mol. The molecule has 4 rings (SSSR count). The zero-order valence-corrected chi connectivity index (χ0v) is 31.4. The molecule has 3 N–H and O–H groups in total. The molecule has 1 aromatic rings. The van der Waals surface area contributed by atoms with Gasteiger partial charge in [0.25, 0.3) is 0 Å². The van der Waals surface area contributed by atoms with Gasteiger partial charge in [-0.2, -0.15) is 0 Å². The van der Waals surface area contributed by atoms with Crippen LogP contribution < -0.4 is 0 Å². The molecular formula is C39H57NO11. The van der Waals surface area contributed by atoms with Crippen LogP contribution in [0.5, 0.6) is 0 Å².